The smallest absolute Gasteiger partial charge is 0.389 e. The van der Waals surface area contributed by atoms with Crippen molar-refractivity contribution in [3.63, 3.8) is 0 Å². The number of carboxylic acids is 1. The SMILES string of the molecule is O=C(O)[C@@H]1CCCN(S(=O)(=O)CCCC(F)(F)F)C1. The van der Waals surface area contributed by atoms with Gasteiger partial charge in [-0.25, -0.2) is 12.7 Å². The first-order valence-electron chi connectivity index (χ1n) is 5.89. The molecule has 1 aliphatic rings. The zero-order valence-corrected chi connectivity index (χ0v) is 11.0. The second kappa shape index (κ2) is 6.08. The Morgan fingerprint density at radius 3 is 2.53 bits per heavy atom. The number of nitrogens with zero attached hydrogens (tertiary/aromatic N) is 1. The van der Waals surface area contributed by atoms with E-state index in [2.05, 4.69) is 0 Å². The molecule has 0 amide bonds. The van der Waals surface area contributed by atoms with Gasteiger partial charge in [0.25, 0.3) is 0 Å². The Morgan fingerprint density at radius 1 is 1.37 bits per heavy atom. The summed E-state index contributed by atoms with van der Waals surface area (Å²) in [5, 5.41) is 8.83. The first kappa shape index (κ1) is 16.2. The van der Waals surface area contributed by atoms with Crippen molar-refractivity contribution < 1.29 is 31.5 Å². The van der Waals surface area contributed by atoms with Crippen LogP contribution in [0.3, 0.4) is 0 Å². The van der Waals surface area contributed by atoms with E-state index in [-0.39, 0.29) is 13.1 Å². The first-order valence-corrected chi connectivity index (χ1v) is 7.50. The van der Waals surface area contributed by atoms with E-state index in [1.165, 1.54) is 0 Å². The van der Waals surface area contributed by atoms with E-state index in [0.717, 1.165) is 4.31 Å². The lowest BCUT2D eigenvalue weighted by atomic mass is 10.0. The highest BCUT2D eigenvalue weighted by molar-refractivity contribution is 7.89. The van der Waals surface area contributed by atoms with Crippen LogP contribution < -0.4 is 0 Å². The topological polar surface area (TPSA) is 74.7 Å². The number of sulfonamides is 1. The molecule has 0 bridgehead atoms. The molecule has 0 aromatic carbocycles. The number of halogens is 3. The zero-order chi connectivity index (χ0) is 14.7. The normalized spacial score (nSPS) is 22.4. The zero-order valence-electron chi connectivity index (χ0n) is 10.2. The number of rotatable bonds is 5. The number of alkyl halides is 3. The van der Waals surface area contributed by atoms with Gasteiger partial charge in [-0.05, 0) is 19.3 Å². The minimum atomic E-state index is -4.37. The van der Waals surface area contributed by atoms with Crippen LogP contribution in [0.2, 0.25) is 0 Å². The number of carboxylic acid groups (broad SMARTS) is 1. The summed E-state index contributed by atoms with van der Waals surface area (Å²) in [7, 11) is -3.80. The van der Waals surface area contributed by atoms with Crippen LogP contribution in [0.1, 0.15) is 25.7 Å². The van der Waals surface area contributed by atoms with E-state index in [9.17, 15) is 26.4 Å². The quantitative estimate of drug-likeness (QED) is 0.834. The van der Waals surface area contributed by atoms with Gasteiger partial charge in [0.05, 0.1) is 11.7 Å². The minimum absolute atomic E-state index is 0.149. The van der Waals surface area contributed by atoms with Crippen LogP contribution in [-0.4, -0.2) is 48.8 Å². The molecular weight excluding hydrogens is 287 g/mol. The monoisotopic (exact) mass is 303 g/mol. The molecule has 0 saturated carbocycles. The second-order valence-electron chi connectivity index (χ2n) is 4.57. The predicted octanol–water partition coefficient (Wildman–Crippen LogP) is 1.46. The van der Waals surface area contributed by atoms with Crippen LogP contribution in [0, 0.1) is 5.92 Å². The first-order chi connectivity index (χ1) is 8.62. The van der Waals surface area contributed by atoms with Crippen LogP contribution in [0.25, 0.3) is 0 Å². The summed E-state index contributed by atoms with van der Waals surface area (Å²) < 4.78 is 60.5. The third-order valence-corrected chi connectivity index (χ3v) is 4.91. The molecule has 0 spiro atoms. The van der Waals surface area contributed by atoms with Gasteiger partial charge < -0.3 is 5.11 Å². The fraction of sp³-hybridized carbons (Fsp3) is 0.900. The van der Waals surface area contributed by atoms with Gasteiger partial charge in [0.1, 0.15) is 0 Å². The number of hydrogen-bond donors (Lipinski definition) is 1. The second-order valence-corrected chi connectivity index (χ2v) is 6.66. The van der Waals surface area contributed by atoms with Gasteiger partial charge in [0, 0.05) is 19.5 Å². The molecule has 0 unspecified atom stereocenters. The molecule has 19 heavy (non-hydrogen) atoms. The predicted molar refractivity (Wildman–Crippen MR) is 61.0 cm³/mol. The van der Waals surface area contributed by atoms with Crippen molar-refractivity contribution in [2.24, 2.45) is 5.92 Å². The summed E-state index contributed by atoms with van der Waals surface area (Å²) >= 11 is 0. The molecule has 1 N–H and O–H groups in total. The van der Waals surface area contributed by atoms with E-state index in [1.54, 1.807) is 0 Å². The van der Waals surface area contributed by atoms with E-state index < -0.39 is 46.7 Å². The molecule has 1 rings (SSSR count). The number of piperidine rings is 1. The summed E-state index contributed by atoms with van der Waals surface area (Å²) in [4.78, 5) is 10.8. The van der Waals surface area contributed by atoms with Crippen molar-refractivity contribution in [1.82, 2.24) is 4.31 Å². The van der Waals surface area contributed by atoms with E-state index in [1.807, 2.05) is 0 Å². The van der Waals surface area contributed by atoms with Crippen LogP contribution in [-0.2, 0) is 14.8 Å². The van der Waals surface area contributed by atoms with Gasteiger partial charge in [-0.2, -0.15) is 13.2 Å². The highest BCUT2D eigenvalue weighted by Crippen LogP contribution is 2.24. The summed E-state index contributed by atoms with van der Waals surface area (Å²) in [5.41, 5.74) is 0. The van der Waals surface area contributed by atoms with Crippen molar-refractivity contribution in [2.45, 2.75) is 31.9 Å². The molecule has 1 atom stereocenters. The van der Waals surface area contributed by atoms with Crippen LogP contribution in [0.5, 0.6) is 0 Å². The van der Waals surface area contributed by atoms with Gasteiger partial charge in [-0.15, -0.1) is 0 Å². The largest absolute Gasteiger partial charge is 0.481 e. The maximum absolute atomic E-state index is 12.0. The van der Waals surface area contributed by atoms with Gasteiger partial charge in [-0.1, -0.05) is 0 Å². The number of aliphatic carboxylic acids is 1. The Kier molecular flexibility index (Phi) is 5.19. The summed E-state index contributed by atoms with van der Waals surface area (Å²) in [5.74, 6) is -2.44. The molecule has 5 nitrogen and oxygen atoms in total. The van der Waals surface area contributed by atoms with Crippen LogP contribution >= 0.6 is 0 Å². The molecular formula is C10H16F3NO4S. The van der Waals surface area contributed by atoms with E-state index >= 15 is 0 Å². The molecule has 0 radical (unpaired) electrons. The van der Waals surface area contributed by atoms with Gasteiger partial charge in [0.2, 0.25) is 10.0 Å². The molecule has 0 aromatic heterocycles. The van der Waals surface area contributed by atoms with Crippen molar-refractivity contribution in [3.05, 3.63) is 0 Å². The maximum Gasteiger partial charge on any atom is 0.389 e. The van der Waals surface area contributed by atoms with Crippen LogP contribution in [0.4, 0.5) is 13.2 Å². The molecule has 0 aliphatic carbocycles. The van der Waals surface area contributed by atoms with Gasteiger partial charge >= 0.3 is 12.1 Å². The Labute approximate surface area is 109 Å². The van der Waals surface area contributed by atoms with Crippen molar-refractivity contribution in [3.8, 4) is 0 Å². The molecule has 112 valence electrons. The molecule has 0 aromatic rings. The summed E-state index contributed by atoms with van der Waals surface area (Å²) in [6, 6.07) is 0. The molecule has 1 aliphatic heterocycles. The Hall–Kier alpha value is -0.830. The average molecular weight is 303 g/mol. The highest BCUT2D eigenvalue weighted by atomic mass is 32.2. The molecule has 9 heteroatoms. The van der Waals surface area contributed by atoms with Crippen molar-refractivity contribution >= 4 is 16.0 Å². The average Bonchev–Trinajstić information content (AvgIpc) is 2.27. The third-order valence-electron chi connectivity index (χ3n) is 2.99. The van der Waals surface area contributed by atoms with Crippen molar-refractivity contribution in [1.29, 1.82) is 0 Å². The number of hydrogen-bond acceptors (Lipinski definition) is 3. The van der Waals surface area contributed by atoms with E-state index in [4.69, 9.17) is 5.11 Å². The Bertz CT molecular complexity index is 421. The highest BCUT2D eigenvalue weighted by Gasteiger charge is 2.33. The maximum atomic E-state index is 12.0. The number of carbonyl (C=O) groups is 1. The molecule has 1 fully saturated rings. The van der Waals surface area contributed by atoms with E-state index in [0.29, 0.717) is 12.8 Å². The molecule has 1 heterocycles. The summed E-state index contributed by atoms with van der Waals surface area (Å²) in [6.45, 7) is 0.0296. The van der Waals surface area contributed by atoms with Crippen LogP contribution in [0.15, 0.2) is 0 Å². The fourth-order valence-electron chi connectivity index (χ4n) is 1.98. The fourth-order valence-corrected chi connectivity index (χ4v) is 3.56. The molecule has 1 saturated heterocycles. The Balaban J connectivity index is 2.55. The lowest BCUT2D eigenvalue weighted by Crippen LogP contribution is -2.43. The van der Waals surface area contributed by atoms with Crippen molar-refractivity contribution in [2.75, 3.05) is 18.8 Å². The third kappa shape index (κ3) is 5.35. The minimum Gasteiger partial charge on any atom is -0.481 e. The lowest BCUT2D eigenvalue weighted by molar-refractivity contribution is -0.142. The Morgan fingerprint density at radius 2 is 2.00 bits per heavy atom. The standard InChI is InChI=1S/C10H16F3NO4S/c11-10(12,13)4-2-6-19(17,18)14-5-1-3-8(7-14)9(15)16/h8H,1-7H2,(H,15,16)/t8-/m1/s1. The lowest BCUT2D eigenvalue weighted by Gasteiger charge is -2.29. The van der Waals surface area contributed by atoms with Gasteiger partial charge in [-0.3, -0.25) is 4.79 Å². The van der Waals surface area contributed by atoms with Gasteiger partial charge in [0.15, 0.2) is 0 Å². The summed E-state index contributed by atoms with van der Waals surface area (Å²) in [6.07, 6.45) is -5.22.